The summed E-state index contributed by atoms with van der Waals surface area (Å²) in [6.45, 7) is 6.94. The van der Waals surface area contributed by atoms with Crippen LogP contribution in [0.3, 0.4) is 0 Å². The van der Waals surface area contributed by atoms with E-state index in [0.29, 0.717) is 0 Å². The number of ether oxygens (including phenoxy) is 1. The van der Waals surface area contributed by atoms with Gasteiger partial charge in [0.2, 0.25) is 0 Å². The van der Waals surface area contributed by atoms with Crippen molar-refractivity contribution in [3.8, 4) is 11.1 Å². The third-order valence-corrected chi connectivity index (χ3v) is 4.10. The summed E-state index contributed by atoms with van der Waals surface area (Å²) in [6, 6.07) is 19.3. The highest BCUT2D eigenvalue weighted by molar-refractivity contribution is 5.85. The standard InChI is InChI=1S/C19H24N2O.2ClH/c1-2-4-18(5-3-1)19-8-6-17(7-9-19)16-20-10-11-21-12-14-22-15-13-21;;/h1-9,20H,10-16H2;2*1H. The summed E-state index contributed by atoms with van der Waals surface area (Å²) in [5.74, 6) is 0. The van der Waals surface area contributed by atoms with Gasteiger partial charge in [-0.25, -0.2) is 0 Å². The predicted molar refractivity (Wildman–Crippen MR) is 105 cm³/mol. The number of halogens is 2. The van der Waals surface area contributed by atoms with Gasteiger partial charge in [-0.05, 0) is 16.7 Å². The van der Waals surface area contributed by atoms with Crippen LogP contribution < -0.4 is 5.32 Å². The van der Waals surface area contributed by atoms with E-state index in [2.05, 4.69) is 64.8 Å². The number of hydrogen-bond donors (Lipinski definition) is 1. The van der Waals surface area contributed by atoms with Crippen molar-refractivity contribution in [1.29, 1.82) is 0 Å². The first-order valence-electron chi connectivity index (χ1n) is 8.07. The molecule has 0 saturated carbocycles. The Morgan fingerprint density at radius 3 is 2.12 bits per heavy atom. The molecule has 24 heavy (non-hydrogen) atoms. The molecule has 0 unspecified atom stereocenters. The van der Waals surface area contributed by atoms with E-state index in [0.717, 1.165) is 45.9 Å². The van der Waals surface area contributed by atoms with Gasteiger partial charge < -0.3 is 10.1 Å². The quantitative estimate of drug-likeness (QED) is 0.788. The van der Waals surface area contributed by atoms with Crippen molar-refractivity contribution in [2.45, 2.75) is 6.54 Å². The first-order valence-corrected chi connectivity index (χ1v) is 8.07. The van der Waals surface area contributed by atoms with Gasteiger partial charge in [-0.1, -0.05) is 54.6 Å². The highest BCUT2D eigenvalue weighted by Gasteiger charge is 2.08. The van der Waals surface area contributed by atoms with Gasteiger partial charge in [0.25, 0.3) is 0 Å². The Morgan fingerprint density at radius 1 is 0.833 bits per heavy atom. The fraction of sp³-hybridized carbons (Fsp3) is 0.368. The molecule has 0 bridgehead atoms. The van der Waals surface area contributed by atoms with E-state index in [4.69, 9.17) is 4.74 Å². The Kier molecular flexibility index (Phi) is 9.99. The minimum absolute atomic E-state index is 0. The molecule has 0 aromatic heterocycles. The van der Waals surface area contributed by atoms with E-state index in [1.54, 1.807) is 0 Å². The Balaban J connectivity index is 0.00000144. The molecule has 2 aromatic carbocycles. The van der Waals surface area contributed by atoms with Gasteiger partial charge in [0, 0.05) is 32.7 Å². The lowest BCUT2D eigenvalue weighted by atomic mass is 10.0. The first kappa shape index (κ1) is 20.9. The largest absolute Gasteiger partial charge is 0.379 e. The van der Waals surface area contributed by atoms with Crippen LogP contribution in [0, 0.1) is 0 Å². The van der Waals surface area contributed by atoms with E-state index in [-0.39, 0.29) is 24.8 Å². The number of rotatable bonds is 6. The first-order chi connectivity index (χ1) is 10.9. The van der Waals surface area contributed by atoms with Gasteiger partial charge in [-0.3, -0.25) is 4.90 Å². The van der Waals surface area contributed by atoms with Gasteiger partial charge in [-0.15, -0.1) is 24.8 Å². The normalized spacial score (nSPS) is 14.5. The van der Waals surface area contributed by atoms with Crippen LogP contribution in [0.2, 0.25) is 0 Å². The number of nitrogens with zero attached hydrogens (tertiary/aromatic N) is 1. The minimum Gasteiger partial charge on any atom is -0.379 e. The van der Waals surface area contributed by atoms with Crippen molar-refractivity contribution in [1.82, 2.24) is 10.2 Å². The Bertz CT molecular complexity index is 557. The Morgan fingerprint density at radius 2 is 1.46 bits per heavy atom. The van der Waals surface area contributed by atoms with Crippen molar-refractivity contribution in [2.75, 3.05) is 39.4 Å². The van der Waals surface area contributed by atoms with E-state index in [1.165, 1.54) is 16.7 Å². The zero-order valence-corrected chi connectivity index (χ0v) is 15.5. The molecule has 1 aliphatic heterocycles. The van der Waals surface area contributed by atoms with Gasteiger partial charge in [0.05, 0.1) is 13.2 Å². The molecule has 3 nitrogen and oxygen atoms in total. The summed E-state index contributed by atoms with van der Waals surface area (Å²) < 4.78 is 5.36. The van der Waals surface area contributed by atoms with Crippen molar-refractivity contribution >= 4 is 24.8 Å². The third-order valence-electron chi connectivity index (χ3n) is 4.10. The van der Waals surface area contributed by atoms with E-state index >= 15 is 0 Å². The number of morpholine rings is 1. The average Bonchev–Trinajstić information content (AvgIpc) is 2.61. The summed E-state index contributed by atoms with van der Waals surface area (Å²) in [6.07, 6.45) is 0. The summed E-state index contributed by atoms with van der Waals surface area (Å²) in [7, 11) is 0. The molecule has 3 rings (SSSR count). The smallest absolute Gasteiger partial charge is 0.0594 e. The van der Waals surface area contributed by atoms with Crippen LogP contribution in [0.25, 0.3) is 11.1 Å². The summed E-state index contributed by atoms with van der Waals surface area (Å²) in [5, 5.41) is 3.53. The topological polar surface area (TPSA) is 24.5 Å². The molecule has 0 radical (unpaired) electrons. The molecule has 5 heteroatoms. The van der Waals surface area contributed by atoms with Crippen molar-refractivity contribution < 1.29 is 4.74 Å². The molecular weight excluding hydrogens is 343 g/mol. The van der Waals surface area contributed by atoms with E-state index in [1.807, 2.05) is 0 Å². The van der Waals surface area contributed by atoms with Crippen LogP contribution in [0.4, 0.5) is 0 Å². The minimum atomic E-state index is 0. The second-order valence-electron chi connectivity index (χ2n) is 5.69. The second kappa shape index (κ2) is 11.5. The van der Waals surface area contributed by atoms with Crippen LogP contribution in [0.5, 0.6) is 0 Å². The fourth-order valence-electron chi connectivity index (χ4n) is 2.74. The maximum Gasteiger partial charge on any atom is 0.0594 e. The highest BCUT2D eigenvalue weighted by Crippen LogP contribution is 2.19. The molecule has 1 aliphatic rings. The molecule has 0 atom stereocenters. The molecule has 2 aromatic rings. The van der Waals surface area contributed by atoms with E-state index < -0.39 is 0 Å². The lowest BCUT2D eigenvalue weighted by molar-refractivity contribution is 0.0384. The number of nitrogens with one attached hydrogen (secondary N) is 1. The number of benzene rings is 2. The Hall–Kier alpha value is -1.10. The summed E-state index contributed by atoms with van der Waals surface area (Å²) in [4.78, 5) is 2.45. The molecule has 132 valence electrons. The summed E-state index contributed by atoms with van der Waals surface area (Å²) >= 11 is 0. The van der Waals surface area contributed by atoms with Crippen molar-refractivity contribution in [2.24, 2.45) is 0 Å². The summed E-state index contributed by atoms with van der Waals surface area (Å²) in [5.41, 5.74) is 3.88. The van der Waals surface area contributed by atoms with Gasteiger partial charge in [0.1, 0.15) is 0 Å². The molecule has 1 saturated heterocycles. The maximum absolute atomic E-state index is 5.36. The number of hydrogen-bond acceptors (Lipinski definition) is 3. The lowest BCUT2D eigenvalue weighted by Crippen LogP contribution is -2.40. The molecule has 0 amide bonds. The van der Waals surface area contributed by atoms with Crippen molar-refractivity contribution in [3.63, 3.8) is 0 Å². The molecule has 0 aliphatic carbocycles. The molecular formula is C19H26Cl2N2O. The van der Waals surface area contributed by atoms with Crippen LogP contribution in [-0.2, 0) is 11.3 Å². The predicted octanol–water partition coefficient (Wildman–Crippen LogP) is 3.62. The molecule has 0 spiro atoms. The zero-order valence-electron chi connectivity index (χ0n) is 13.8. The van der Waals surface area contributed by atoms with Crippen LogP contribution in [-0.4, -0.2) is 44.3 Å². The lowest BCUT2D eigenvalue weighted by Gasteiger charge is -2.26. The van der Waals surface area contributed by atoms with Gasteiger partial charge in [0.15, 0.2) is 0 Å². The Labute approximate surface area is 157 Å². The van der Waals surface area contributed by atoms with Crippen LogP contribution in [0.15, 0.2) is 54.6 Å². The SMILES string of the molecule is Cl.Cl.c1ccc(-c2ccc(CNCCN3CCOCC3)cc2)cc1. The van der Waals surface area contributed by atoms with Crippen LogP contribution in [0.1, 0.15) is 5.56 Å². The second-order valence-corrected chi connectivity index (χ2v) is 5.69. The van der Waals surface area contributed by atoms with E-state index in [9.17, 15) is 0 Å². The fourth-order valence-corrected chi connectivity index (χ4v) is 2.74. The molecule has 1 fully saturated rings. The monoisotopic (exact) mass is 368 g/mol. The molecule has 1 N–H and O–H groups in total. The third kappa shape index (κ3) is 6.42. The zero-order chi connectivity index (χ0) is 15.0. The highest BCUT2D eigenvalue weighted by atomic mass is 35.5. The average molecular weight is 369 g/mol. The molecule has 1 heterocycles. The van der Waals surface area contributed by atoms with Crippen LogP contribution >= 0.6 is 24.8 Å². The van der Waals surface area contributed by atoms with Gasteiger partial charge >= 0.3 is 0 Å². The van der Waals surface area contributed by atoms with Gasteiger partial charge in [-0.2, -0.15) is 0 Å². The maximum atomic E-state index is 5.36. The van der Waals surface area contributed by atoms with Crippen molar-refractivity contribution in [3.05, 3.63) is 60.2 Å².